The van der Waals surface area contributed by atoms with Gasteiger partial charge in [-0.2, -0.15) is 0 Å². The molecule has 0 bridgehead atoms. The van der Waals surface area contributed by atoms with E-state index < -0.39 is 0 Å². The van der Waals surface area contributed by atoms with Gasteiger partial charge in [0, 0.05) is 23.4 Å². The summed E-state index contributed by atoms with van der Waals surface area (Å²) in [5.74, 6) is 1.65. The fraction of sp³-hybridized carbons (Fsp3) is 0.167. The van der Waals surface area contributed by atoms with Crippen LogP contribution < -0.4 is 5.32 Å². The van der Waals surface area contributed by atoms with Crippen molar-refractivity contribution in [1.29, 1.82) is 0 Å². The van der Waals surface area contributed by atoms with Gasteiger partial charge in [-0.15, -0.1) is 10.2 Å². The summed E-state index contributed by atoms with van der Waals surface area (Å²) >= 11 is 1.35. The number of furan rings is 1. The molecule has 0 atom stereocenters. The van der Waals surface area contributed by atoms with E-state index in [1.165, 1.54) is 11.8 Å². The number of carbonyl (C=O) groups is 2. The summed E-state index contributed by atoms with van der Waals surface area (Å²) in [7, 11) is 0. The maximum absolute atomic E-state index is 12.9. The first-order valence-corrected chi connectivity index (χ1v) is 11.2. The number of thioether (sulfide) groups is 1. The van der Waals surface area contributed by atoms with E-state index in [0.717, 1.165) is 28.3 Å². The number of benzene rings is 2. The molecule has 1 aliphatic heterocycles. The fourth-order valence-electron chi connectivity index (χ4n) is 3.73. The van der Waals surface area contributed by atoms with Gasteiger partial charge in [-0.1, -0.05) is 30.0 Å². The van der Waals surface area contributed by atoms with E-state index in [-0.39, 0.29) is 17.4 Å². The maximum atomic E-state index is 12.9. The van der Waals surface area contributed by atoms with Crippen LogP contribution in [0.5, 0.6) is 0 Å². The van der Waals surface area contributed by atoms with Crippen molar-refractivity contribution in [2.75, 3.05) is 11.1 Å². The molecule has 2 aromatic carbocycles. The number of Topliss-reactive ketones (excluding diaryl/α,β-unsaturated/α-hetero) is 1. The number of aromatic nitrogens is 3. The first kappa shape index (κ1) is 20.3. The van der Waals surface area contributed by atoms with Crippen LogP contribution in [0.3, 0.4) is 0 Å². The summed E-state index contributed by atoms with van der Waals surface area (Å²) in [4.78, 5) is 24.5. The molecule has 0 saturated carbocycles. The number of anilines is 1. The number of hydrogen-bond acceptors (Lipinski definition) is 6. The molecule has 1 aliphatic rings. The summed E-state index contributed by atoms with van der Waals surface area (Å²) in [6, 6.07) is 17.1. The minimum atomic E-state index is -0.00152. The number of rotatable bonds is 6. The molecule has 0 unspecified atom stereocenters. The average Bonchev–Trinajstić information content (AvgIpc) is 3.43. The number of amides is 1. The van der Waals surface area contributed by atoms with Crippen LogP contribution in [0, 0.1) is 6.92 Å². The summed E-state index contributed by atoms with van der Waals surface area (Å²) < 4.78 is 7.40. The summed E-state index contributed by atoms with van der Waals surface area (Å²) in [5.41, 5.74) is 4.17. The Bertz CT molecular complexity index is 1310. The number of carbonyl (C=O) groups excluding carboxylic acids is 2. The van der Waals surface area contributed by atoms with Gasteiger partial charge in [-0.25, -0.2) is 0 Å². The number of ketones is 1. The zero-order valence-corrected chi connectivity index (χ0v) is 18.2. The summed E-state index contributed by atoms with van der Waals surface area (Å²) in [5, 5.41) is 12.2. The second-order valence-electron chi connectivity index (χ2n) is 7.50. The molecular weight excluding hydrogens is 424 g/mol. The lowest BCUT2D eigenvalue weighted by Crippen LogP contribution is -2.19. The topological polar surface area (TPSA) is 90.0 Å². The first-order chi connectivity index (χ1) is 15.6. The number of hydrogen-bond donors (Lipinski definition) is 1. The van der Waals surface area contributed by atoms with Gasteiger partial charge in [0.05, 0.1) is 17.6 Å². The van der Waals surface area contributed by atoms with Crippen molar-refractivity contribution < 1.29 is 14.0 Å². The zero-order chi connectivity index (χ0) is 22.1. The van der Waals surface area contributed by atoms with Gasteiger partial charge in [-0.05, 0) is 55.3 Å². The van der Waals surface area contributed by atoms with Gasteiger partial charge in [0.1, 0.15) is 5.76 Å². The molecule has 0 radical (unpaired) electrons. The van der Waals surface area contributed by atoms with Crippen LogP contribution in [-0.4, -0.2) is 32.2 Å². The number of fused-ring (bicyclic) bond motifs is 1. The van der Waals surface area contributed by atoms with E-state index >= 15 is 0 Å². The van der Waals surface area contributed by atoms with E-state index in [2.05, 4.69) is 15.5 Å². The fourth-order valence-corrected chi connectivity index (χ4v) is 4.58. The van der Waals surface area contributed by atoms with Crippen molar-refractivity contribution in [3.05, 3.63) is 77.7 Å². The molecule has 0 fully saturated rings. The molecule has 8 heteroatoms. The molecule has 1 N–H and O–H groups in total. The molecule has 1 amide bonds. The van der Waals surface area contributed by atoms with E-state index in [0.29, 0.717) is 29.4 Å². The second-order valence-corrected chi connectivity index (χ2v) is 8.44. The third kappa shape index (κ3) is 3.85. The van der Waals surface area contributed by atoms with Crippen LogP contribution in [0.2, 0.25) is 0 Å². The van der Waals surface area contributed by atoms with Crippen molar-refractivity contribution in [3.8, 4) is 17.1 Å². The second kappa shape index (κ2) is 8.47. The third-order valence-electron chi connectivity index (χ3n) is 5.40. The first-order valence-electron chi connectivity index (χ1n) is 10.2. The van der Waals surface area contributed by atoms with Gasteiger partial charge in [0.15, 0.2) is 16.8 Å². The molecule has 2 aromatic heterocycles. The number of aryl methyl sites for hydroxylation is 2. The summed E-state index contributed by atoms with van der Waals surface area (Å²) in [6.07, 6.45) is 2.71. The molecule has 0 saturated heterocycles. The molecule has 4 aromatic rings. The Morgan fingerprint density at radius 3 is 2.75 bits per heavy atom. The van der Waals surface area contributed by atoms with Gasteiger partial charge in [0.25, 0.3) is 0 Å². The lowest BCUT2D eigenvalue weighted by Gasteiger charge is -2.17. The van der Waals surface area contributed by atoms with Crippen LogP contribution in [0.4, 0.5) is 5.69 Å². The van der Waals surface area contributed by atoms with Gasteiger partial charge >= 0.3 is 0 Å². The maximum Gasteiger partial charge on any atom is 0.224 e. The van der Waals surface area contributed by atoms with Gasteiger partial charge in [0.2, 0.25) is 5.91 Å². The number of nitrogens with one attached hydrogen (secondary N) is 1. The van der Waals surface area contributed by atoms with Crippen molar-refractivity contribution in [2.45, 2.75) is 24.9 Å². The highest BCUT2D eigenvalue weighted by Crippen LogP contribution is 2.31. The Hall–Kier alpha value is -3.65. The van der Waals surface area contributed by atoms with E-state index in [9.17, 15) is 9.59 Å². The van der Waals surface area contributed by atoms with Crippen molar-refractivity contribution >= 4 is 29.1 Å². The lowest BCUT2D eigenvalue weighted by molar-refractivity contribution is -0.116. The molecule has 5 rings (SSSR count). The lowest BCUT2D eigenvalue weighted by atomic mass is 9.99. The molecule has 0 spiro atoms. The van der Waals surface area contributed by atoms with E-state index in [4.69, 9.17) is 4.42 Å². The summed E-state index contributed by atoms with van der Waals surface area (Å²) in [6.45, 7) is 1.88. The SMILES string of the molecule is Cc1occc1-c1nnc(SCC(=O)c2ccc3c(c2)CCC(=O)N3)n1-c1ccccc1. The molecule has 0 aliphatic carbocycles. The Kier molecular flexibility index (Phi) is 5.36. The highest BCUT2D eigenvalue weighted by molar-refractivity contribution is 7.99. The highest BCUT2D eigenvalue weighted by Gasteiger charge is 2.21. The number of para-hydroxylation sites is 1. The van der Waals surface area contributed by atoms with Crippen LogP contribution in [0.15, 0.2) is 70.4 Å². The average molecular weight is 445 g/mol. The van der Waals surface area contributed by atoms with Gasteiger partial charge < -0.3 is 9.73 Å². The number of nitrogens with zero attached hydrogens (tertiary/aromatic N) is 3. The van der Waals surface area contributed by atoms with Crippen molar-refractivity contribution in [3.63, 3.8) is 0 Å². The quantitative estimate of drug-likeness (QED) is 0.343. The minimum absolute atomic E-state index is 0.00152. The monoisotopic (exact) mass is 444 g/mol. The standard InChI is InChI=1S/C24H20N4O3S/c1-15-19(11-12-31-15)23-26-27-24(28(23)18-5-3-2-4-6-18)32-14-21(29)17-7-9-20-16(13-17)8-10-22(30)25-20/h2-7,9,11-13H,8,10,14H2,1H3,(H,25,30). The molecule has 160 valence electrons. The smallest absolute Gasteiger partial charge is 0.224 e. The van der Waals surface area contributed by atoms with E-state index in [1.807, 2.05) is 54.0 Å². The van der Waals surface area contributed by atoms with E-state index in [1.54, 1.807) is 18.4 Å². The normalized spacial score (nSPS) is 13.0. The molecule has 7 nitrogen and oxygen atoms in total. The Morgan fingerprint density at radius 1 is 1.12 bits per heavy atom. The predicted octanol–water partition coefficient (Wildman–Crippen LogP) is 4.70. The van der Waals surface area contributed by atoms with Crippen LogP contribution >= 0.6 is 11.8 Å². The van der Waals surface area contributed by atoms with Crippen molar-refractivity contribution in [2.24, 2.45) is 0 Å². The molecule has 3 heterocycles. The highest BCUT2D eigenvalue weighted by atomic mass is 32.2. The Morgan fingerprint density at radius 2 is 1.97 bits per heavy atom. The van der Waals surface area contributed by atoms with Crippen LogP contribution in [0.1, 0.15) is 28.1 Å². The largest absolute Gasteiger partial charge is 0.469 e. The predicted molar refractivity (Wildman–Crippen MR) is 122 cm³/mol. The third-order valence-corrected chi connectivity index (χ3v) is 6.33. The van der Waals surface area contributed by atoms with Crippen LogP contribution in [-0.2, 0) is 11.2 Å². The zero-order valence-electron chi connectivity index (χ0n) is 17.4. The minimum Gasteiger partial charge on any atom is -0.469 e. The van der Waals surface area contributed by atoms with Crippen molar-refractivity contribution in [1.82, 2.24) is 14.8 Å². The van der Waals surface area contributed by atoms with Gasteiger partial charge in [-0.3, -0.25) is 14.2 Å². The Balaban J connectivity index is 1.41. The van der Waals surface area contributed by atoms with Crippen LogP contribution in [0.25, 0.3) is 17.1 Å². The molecule has 32 heavy (non-hydrogen) atoms. The Labute approximate surface area is 188 Å². The molecular formula is C24H20N4O3S.